The van der Waals surface area contributed by atoms with Gasteiger partial charge in [0.2, 0.25) is 0 Å². The van der Waals surface area contributed by atoms with Gasteiger partial charge in [-0.25, -0.2) is 23.0 Å². The number of hydrogen-bond acceptors (Lipinski definition) is 3. The van der Waals surface area contributed by atoms with Crippen LogP contribution in [-0.4, -0.2) is 41.3 Å². The number of nitrogens with zero attached hydrogens (tertiary/aromatic N) is 3. The van der Waals surface area contributed by atoms with Gasteiger partial charge in [0.15, 0.2) is 11.6 Å². The summed E-state index contributed by atoms with van der Waals surface area (Å²) in [5, 5.41) is 5.27. The third-order valence-corrected chi connectivity index (χ3v) is 5.09. The molecule has 0 radical (unpaired) electrons. The number of carbonyl (C=O) groups excluding carboxylic acids is 1. The van der Waals surface area contributed by atoms with Crippen molar-refractivity contribution in [2.75, 3.05) is 13.1 Å². The Hall–Kier alpha value is -2.55. The number of hydrazone groups is 1. The van der Waals surface area contributed by atoms with Gasteiger partial charge in [-0.05, 0) is 35.9 Å². The van der Waals surface area contributed by atoms with Crippen LogP contribution in [0.15, 0.2) is 46.0 Å². The van der Waals surface area contributed by atoms with Crippen LogP contribution in [0, 0.1) is 17.5 Å². The molecule has 9 heteroatoms. The van der Waals surface area contributed by atoms with Crippen LogP contribution >= 0.6 is 15.9 Å². The summed E-state index contributed by atoms with van der Waals surface area (Å²) in [6.07, 6.45) is 1.56. The lowest BCUT2D eigenvalue weighted by Gasteiger charge is -2.41. The summed E-state index contributed by atoms with van der Waals surface area (Å²) < 4.78 is 47.1. The standard InChI is InChI=1S/C19H15BrF3N3O2/c20-12-1-2-16(23)18(7-12)28-15-9-25(10-15)19(27)26-17(3-4-24-26)11-5-13(21)8-14(22)6-11/h1-2,4-8,15,17H,3,9-10H2/t17-/m0/s1. The summed E-state index contributed by atoms with van der Waals surface area (Å²) in [5.74, 6) is -1.78. The average Bonchev–Trinajstić information content (AvgIpc) is 3.09. The minimum atomic E-state index is -0.706. The highest BCUT2D eigenvalue weighted by Crippen LogP contribution is 2.32. The van der Waals surface area contributed by atoms with Gasteiger partial charge in [-0.3, -0.25) is 0 Å². The zero-order valence-corrected chi connectivity index (χ0v) is 16.1. The first-order chi connectivity index (χ1) is 13.4. The molecule has 1 saturated heterocycles. The second kappa shape index (κ2) is 7.46. The van der Waals surface area contributed by atoms with Crippen molar-refractivity contribution in [1.82, 2.24) is 9.91 Å². The number of hydrogen-bond donors (Lipinski definition) is 0. The van der Waals surface area contributed by atoms with E-state index in [1.807, 2.05) is 0 Å². The van der Waals surface area contributed by atoms with E-state index < -0.39 is 29.5 Å². The largest absolute Gasteiger partial charge is 0.484 e. The fraction of sp³-hybridized carbons (Fsp3) is 0.263. The molecular weight excluding hydrogens is 439 g/mol. The number of amides is 2. The highest BCUT2D eigenvalue weighted by molar-refractivity contribution is 9.10. The van der Waals surface area contributed by atoms with Gasteiger partial charge >= 0.3 is 6.03 Å². The van der Waals surface area contributed by atoms with E-state index in [1.54, 1.807) is 6.07 Å². The molecule has 0 saturated carbocycles. The van der Waals surface area contributed by atoms with Crippen LogP contribution in [-0.2, 0) is 0 Å². The second-order valence-corrected chi connectivity index (χ2v) is 7.51. The third-order valence-electron chi connectivity index (χ3n) is 4.60. The topological polar surface area (TPSA) is 45.1 Å². The Balaban J connectivity index is 1.40. The molecule has 146 valence electrons. The lowest BCUT2D eigenvalue weighted by atomic mass is 10.0. The van der Waals surface area contributed by atoms with Gasteiger partial charge in [-0.15, -0.1) is 0 Å². The maximum atomic E-state index is 13.8. The van der Waals surface area contributed by atoms with Crippen molar-refractivity contribution in [2.24, 2.45) is 5.10 Å². The Morgan fingerprint density at radius 1 is 1.11 bits per heavy atom. The first-order valence-electron chi connectivity index (χ1n) is 8.59. The Kier molecular flexibility index (Phi) is 5.01. The van der Waals surface area contributed by atoms with Crippen LogP contribution < -0.4 is 4.74 Å². The average molecular weight is 454 g/mol. The molecular formula is C19H15BrF3N3O2. The van der Waals surface area contributed by atoms with Gasteiger partial charge in [-0.2, -0.15) is 5.10 Å². The number of benzene rings is 2. The zero-order chi connectivity index (χ0) is 19.8. The van der Waals surface area contributed by atoms with E-state index in [0.717, 1.165) is 6.07 Å². The molecule has 2 aromatic carbocycles. The molecule has 2 aromatic rings. The molecule has 1 fully saturated rings. The predicted molar refractivity (Wildman–Crippen MR) is 99.5 cm³/mol. The summed E-state index contributed by atoms with van der Waals surface area (Å²) in [6.45, 7) is 0.530. The number of carbonyl (C=O) groups is 1. The Labute approximate surface area is 167 Å². The van der Waals surface area contributed by atoms with Gasteiger partial charge in [0.1, 0.15) is 17.7 Å². The summed E-state index contributed by atoms with van der Waals surface area (Å²) >= 11 is 3.26. The van der Waals surface area contributed by atoms with Crippen molar-refractivity contribution >= 4 is 28.2 Å². The fourth-order valence-corrected chi connectivity index (χ4v) is 3.54. The molecule has 0 unspecified atom stereocenters. The maximum absolute atomic E-state index is 13.8. The molecule has 1 atom stereocenters. The summed E-state index contributed by atoms with van der Waals surface area (Å²) in [5.41, 5.74) is 0.341. The van der Waals surface area contributed by atoms with E-state index in [1.165, 1.54) is 40.4 Å². The SMILES string of the molecule is O=C(N1CC(Oc2cc(Br)ccc2F)C1)N1N=CC[C@H]1c1cc(F)cc(F)c1. The number of likely N-dealkylation sites (tertiary alicyclic amines) is 1. The Morgan fingerprint density at radius 2 is 1.82 bits per heavy atom. The molecule has 2 aliphatic heterocycles. The van der Waals surface area contributed by atoms with Gasteiger partial charge in [0.25, 0.3) is 0 Å². The molecule has 4 rings (SSSR count). The molecule has 28 heavy (non-hydrogen) atoms. The monoisotopic (exact) mass is 453 g/mol. The minimum Gasteiger partial charge on any atom is -0.484 e. The molecule has 2 amide bonds. The summed E-state index contributed by atoms with van der Waals surface area (Å²) in [6, 6.07) is 6.60. The van der Waals surface area contributed by atoms with Crippen LogP contribution in [0.2, 0.25) is 0 Å². The number of rotatable bonds is 3. The lowest BCUT2D eigenvalue weighted by molar-refractivity contribution is 0.0256. The molecule has 0 bridgehead atoms. The van der Waals surface area contributed by atoms with Crippen molar-refractivity contribution in [2.45, 2.75) is 18.6 Å². The molecule has 2 aliphatic rings. The summed E-state index contributed by atoms with van der Waals surface area (Å²) in [7, 11) is 0. The summed E-state index contributed by atoms with van der Waals surface area (Å²) in [4.78, 5) is 14.2. The number of ether oxygens (including phenoxy) is 1. The quantitative estimate of drug-likeness (QED) is 0.687. The molecule has 0 aliphatic carbocycles. The van der Waals surface area contributed by atoms with E-state index in [-0.39, 0.29) is 24.9 Å². The van der Waals surface area contributed by atoms with Crippen LogP contribution in [0.3, 0.4) is 0 Å². The number of halogens is 4. The van der Waals surface area contributed by atoms with Crippen molar-refractivity contribution < 1.29 is 22.7 Å². The molecule has 5 nitrogen and oxygen atoms in total. The first-order valence-corrected chi connectivity index (χ1v) is 9.38. The van der Waals surface area contributed by atoms with E-state index in [2.05, 4.69) is 21.0 Å². The van der Waals surface area contributed by atoms with Gasteiger partial charge in [-0.1, -0.05) is 15.9 Å². The third kappa shape index (κ3) is 3.71. The zero-order valence-electron chi connectivity index (χ0n) is 14.5. The van der Waals surface area contributed by atoms with Gasteiger partial charge in [0.05, 0.1) is 19.1 Å². The second-order valence-electron chi connectivity index (χ2n) is 6.60. The first kappa shape index (κ1) is 18.8. The van der Waals surface area contributed by atoms with Crippen molar-refractivity contribution in [1.29, 1.82) is 0 Å². The van der Waals surface area contributed by atoms with Crippen LogP contribution in [0.4, 0.5) is 18.0 Å². The van der Waals surface area contributed by atoms with Gasteiger partial charge in [0, 0.05) is 23.2 Å². The smallest absolute Gasteiger partial charge is 0.341 e. The normalized spacial score (nSPS) is 19.1. The maximum Gasteiger partial charge on any atom is 0.341 e. The predicted octanol–water partition coefficient (Wildman–Crippen LogP) is 4.48. The molecule has 0 spiro atoms. The van der Waals surface area contributed by atoms with Gasteiger partial charge < -0.3 is 9.64 Å². The highest BCUT2D eigenvalue weighted by atomic mass is 79.9. The van der Waals surface area contributed by atoms with E-state index in [4.69, 9.17) is 4.74 Å². The Morgan fingerprint density at radius 3 is 2.54 bits per heavy atom. The molecule has 0 aromatic heterocycles. The minimum absolute atomic E-state index is 0.110. The van der Waals surface area contributed by atoms with Crippen LogP contribution in [0.25, 0.3) is 0 Å². The molecule has 2 heterocycles. The van der Waals surface area contributed by atoms with Crippen molar-refractivity contribution in [3.8, 4) is 5.75 Å². The fourth-order valence-electron chi connectivity index (χ4n) is 3.20. The van der Waals surface area contributed by atoms with Crippen LogP contribution in [0.1, 0.15) is 18.0 Å². The van der Waals surface area contributed by atoms with E-state index in [0.29, 0.717) is 16.5 Å². The molecule has 0 N–H and O–H groups in total. The lowest BCUT2D eigenvalue weighted by Crippen LogP contribution is -2.58. The van der Waals surface area contributed by atoms with Crippen molar-refractivity contribution in [3.63, 3.8) is 0 Å². The Bertz CT molecular complexity index is 930. The number of urea groups is 1. The van der Waals surface area contributed by atoms with E-state index >= 15 is 0 Å². The van der Waals surface area contributed by atoms with Crippen LogP contribution in [0.5, 0.6) is 5.75 Å². The van der Waals surface area contributed by atoms with E-state index in [9.17, 15) is 18.0 Å². The van der Waals surface area contributed by atoms with Crippen molar-refractivity contribution in [3.05, 3.63) is 63.9 Å². The highest BCUT2D eigenvalue weighted by Gasteiger charge is 2.39.